The second kappa shape index (κ2) is 4.21. The number of hydrogen-bond acceptors (Lipinski definition) is 2. The van der Waals surface area contributed by atoms with E-state index in [4.69, 9.17) is 10.8 Å². The molecule has 0 amide bonds. The van der Waals surface area contributed by atoms with Crippen LogP contribution in [0.15, 0.2) is 34.8 Å². The molecular formula is C9H14ClNO. The highest BCUT2D eigenvalue weighted by Gasteiger charge is 2.07. The Morgan fingerprint density at radius 3 is 2.42 bits per heavy atom. The van der Waals surface area contributed by atoms with Crippen LogP contribution in [0.25, 0.3) is 0 Å². The second-order valence-electron chi connectivity index (χ2n) is 2.95. The van der Waals surface area contributed by atoms with Gasteiger partial charge in [0.2, 0.25) is 0 Å². The van der Waals surface area contributed by atoms with E-state index >= 15 is 0 Å². The highest BCUT2D eigenvalue weighted by atomic mass is 35.5. The minimum Gasteiger partial charge on any atom is -0.506 e. The van der Waals surface area contributed by atoms with Gasteiger partial charge in [0.1, 0.15) is 5.76 Å². The van der Waals surface area contributed by atoms with Crippen LogP contribution >= 0.6 is 12.4 Å². The van der Waals surface area contributed by atoms with Crippen molar-refractivity contribution in [3.05, 3.63) is 34.8 Å². The van der Waals surface area contributed by atoms with Crippen LogP contribution < -0.4 is 5.73 Å². The summed E-state index contributed by atoms with van der Waals surface area (Å²) < 4.78 is 0. The number of aliphatic hydroxyl groups is 1. The molecule has 0 heterocycles. The summed E-state index contributed by atoms with van der Waals surface area (Å²) in [7, 11) is 0. The van der Waals surface area contributed by atoms with Crippen molar-refractivity contribution in [2.75, 3.05) is 0 Å². The third kappa shape index (κ3) is 2.31. The van der Waals surface area contributed by atoms with Crippen molar-refractivity contribution in [2.45, 2.75) is 20.3 Å². The van der Waals surface area contributed by atoms with E-state index in [9.17, 15) is 0 Å². The molecule has 12 heavy (non-hydrogen) atoms. The molecule has 0 bridgehead atoms. The summed E-state index contributed by atoms with van der Waals surface area (Å²) >= 11 is 0. The van der Waals surface area contributed by atoms with Gasteiger partial charge in [-0.25, -0.2) is 0 Å². The zero-order valence-corrected chi connectivity index (χ0v) is 8.11. The Balaban J connectivity index is 0.00000121. The summed E-state index contributed by atoms with van der Waals surface area (Å²) in [6.07, 6.45) is 4.22. The number of hydrogen-bond donors (Lipinski definition) is 2. The van der Waals surface area contributed by atoms with Crippen LogP contribution in [0.5, 0.6) is 0 Å². The predicted molar refractivity (Wildman–Crippen MR) is 53.2 cm³/mol. The minimum absolute atomic E-state index is 0. The van der Waals surface area contributed by atoms with Crippen LogP contribution in [0.1, 0.15) is 20.3 Å². The molecule has 0 saturated heterocycles. The SMILES string of the molecule is CC(C)=C1C=CC(O)=C(N)C1.Cl. The fraction of sp³-hybridized carbons (Fsp3) is 0.333. The van der Waals surface area contributed by atoms with Crippen LogP contribution in [0.3, 0.4) is 0 Å². The summed E-state index contributed by atoms with van der Waals surface area (Å²) in [5.41, 5.74) is 8.55. The van der Waals surface area contributed by atoms with E-state index in [0.717, 1.165) is 0 Å². The van der Waals surface area contributed by atoms with Crippen LogP contribution in [0, 0.1) is 0 Å². The first kappa shape index (κ1) is 11.1. The summed E-state index contributed by atoms with van der Waals surface area (Å²) in [6.45, 7) is 4.07. The van der Waals surface area contributed by atoms with Gasteiger partial charge in [-0.05, 0) is 25.5 Å². The molecule has 0 fully saturated rings. The largest absolute Gasteiger partial charge is 0.506 e. The van der Waals surface area contributed by atoms with Crippen molar-refractivity contribution >= 4 is 12.4 Å². The van der Waals surface area contributed by atoms with E-state index in [1.807, 2.05) is 19.9 Å². The Hall–Kier alpha value is -0.890. The van der Waals surface area contributed by atoms with Crippen molar-refractivity contribution < 1.29 is 5.11 Å². The molecule has 3 heteroatoms. The van der Waals surface area contributed by atoms with Crippen LogP contribution in [-0.4, -0.2) is 5.11 Å². The minimum atomic E-state index is 0. The van der Waals surface area contributed by atoms with Crippen molar-refractivity contribution in [2.24, 2.45) is 5.73 Å². The van der Waals surface area contributed by atoms with Gasteiger partial charge >= 0.3 is 0 Å². The number of rotatable bonds is 0. The maximum absolute atomic E-state index is 9.12. The fourth-order valence-corrected chi connectivity index (χ4v) is 0.985. The van der Waals surface area contributed by atoms with Gasteiger partial charge in [-0.3, -0.25) is 0 Å². The van der Waals surface area contributed by atoms with E-state index in [1.54, 1.807) is 6.08 Å². The lowest BCUT2D eigenvalue weighted by Crippen LogP contribution is -2.06. The van der Waals surface area contributed by atoms with Gasteiger partial charge in [0.15, 0.2) is 0 Å². The van der Waals surface area contributed by atoms with Crippen LogP contribution in [-0.2, 0) is 0 Å². The Morgan fingerprint density at radius 1 is 1.42 bits per heavy atom. The van der Waals surface area contributed by atoms with Gasteiger partial charge < -0.3 is 10.8 Å². The number of aliphatic hydroxyl groups excluding tert-OH is 1. The third-order valence-corrected chi connectivity index (χ3v) is 1.79. The molecule has 0 aromatic rings. The summed E-state index contributed by atoms with van der Waals surface area (Å²) in [5, 5.41) is 9.12. The van der Waals surface area contributed by atoms with Crippen molar-refractivity contribution in [3.8, 4) is 0 Å². The maximum Gasteiger partial charge on any atom is 0.134 e. The molecular weight excluding hydrogens is 174 g/mol. The lowest BCUT2D eigenvalue weighted by atomic mass is 10.0. The summed E-state index contributed by atoms with van der Waals surface area (Å²) in [6, 6.07) is 0. The topological polar surface area (TPSA) is 46.2 Å². The van der Waals surface area contributed by atoms with E-state index in [0.29, 0.717) is 12.1 Å². The molecule has 0 atom stereocenters. The molecule has 1 aliphatic rings. The normalized spacial score (nSPS) is 16.0. The standard InChI is InChI=1S/C9H13NO.ClH/c1-6(2)7-3-4-9(11)8(10)5-7;/h3-4,11H,5,10H2,1-2H3;1H. The maximum atomic E-state index is 9.12. The van der Waals surface area contributed by atoms with E-state index in [1.165, 1.54) is 11.1 Å². The van der Waals surface area contributed by atoms with E-state index in [2.05, 4.69) is 0 Å². The lowest BCUT2D eigenvalue weighted by molar-refractivity contribution is 0.421. The molecule has 0 unspecified atom stereocenters. The second-order valence-corrected chi connectivity index (χ2v) is 2.95. The highest BCUT2D eigenvalue weighted by molar-refractivity contribution is 5.85. The predicted octanol–water partition coefficient (Wildman–Crippen LogP) is 2.43. The zero-order valence-electron chi connectivity index (χ0n) is 7.29. The Bertz CT molecular complexity index is 260. The Kier molecular flexibility index (Phi) is 3.90. The first-order chi connectivity index (χ1) is 5.11. The Labute approximate surface area is 78.9 Å². The van der Waals surface area contributed by atoms with Gasteiger partial charge in [0.25, 0.3) is 0 Å². The van der Waals surface area contributed by atoms with Crippen molar-refractivity contribution in [1.29, 1.82) is 0 Å². The number of allylic oxidation sites excluding steroid dienone is 4. The first-order valence-electron chi connectivity index (χ1n) is 3.63. The summed E-state index contributed by atoms with van der Waals surface area (Å²) in [4.78, 5) is 0. The molecule has 0 aliphatic heterocycles. The molecule has 0 spiro atoms. The molecule has 1 rings (SSSR count). The van der Waals surface area contributed by atoms with Gasteiger partial charge in [0.05, 0.1) is 5.70 Å². The average molecular weight is 188 g/mol. The Morgan fingerprint density at radius 2 is 2.00 bits per heavy atom. The number of halogens is 1. The highest BCUT2D eigenvalue weighted by Crippen LogP contribution is 2.20. The zero-order chi connectivity index (χ0) is 8.43. The van der Waals surface area contributed by atoms with Crippen molar-refractivity contribution in [3.63, 3.8) is 0 Å². The fourth-order valence-electron chi connectivity index (χ4n) is 0.985. The van der Waals surface area contributed by atoms with Gasteiger partial charge in [-0.2, -0.15) is 0 Å². The molecule has 3 N–H and O–H groups in total. The first-order valence-corrected chi connectivity index (χ1v) is 3.63. The molecule has 0 radical (unpaired) electrons. The molecule has 1 aliphatic carbocycles. The molecule has 0 saturated carbocycles. The van der Waals surface area contributed by atoms with E-state index < -0.39 is 0 Å². The molecule has 2 nitrogen and oxygen atoms in total. The van der Waals surface area contributed by atoms with Gasteiger partial charge in [0, 0.05) is 6.42 Å². The smallest absolute Gasteiger partial charge is 0.134 e. The lowest BCUT2D eigenvalue weighted by Gasteiger charge is -2.11. The quantitative estimate of drug-likeness (QED) is 0.612. The van der Waals surface area contributed by atoms with Crippen LogP contribution in [0.4, 0.5) is 0 Å². The van der Waals surface area contributed by atoms with Crippen LogP contribution in [0.2, 0.25) is 0 Å². The van der Waals surface area contributed by atoms with E-state index in [-0.39, 0.29) is 18.2 Å². The third-order valence-electron chi connectivity index (χ3n) is 1.79. The van der Waals surface area contributed by atoms with Crippen molar-refractivity contribution in [1.82, 2.24) is 0 Å². The average Bonchev–Trinajstić information content (AvgIpc) is 1.94. The molecule has 0 aromatic heterocycles. The summed E-state index contributed by atoms with van der Waals surface area (Å²) in [5.74, 6) is 0.204. The molecule has 68 valence electrons. The van der Waals surface area contributed by atoms with Gasteiger partial charge in [-0.1, -0.05) is 11.6 Å². The monoisotopic (exact) mass is 187 g/mol. The van der Waals surface area contributed by atoms with Gasteiger partial charge in [-0.15, -0.1) is 12.4 Å². The number of nitrogens with two attached hydrogens (primary N) is 1. The molecule has 0 aromatic carbocycles.